The van der Waals surface area contributed by atoms with Crippen molar-refractivity contribution in [3.05, 3.63) is 29.4 Å². The molecule has 74 valence electrons. The third-order valence-electron chi connectivity index (χ3n) is 2.65. The van der Waals surface area contributed by atoms with E-state index in [-0.39, 0.29) is 0 Å². The maximum Gasteiger partial charge on any atom is 0.205 e. The highest BCUT2D eigenvalue weighted by Crippen LogP contribution is 2.12. The average molecular weight is 189 g/mol. The van der Waals surface area contributed by atoms with E-state index in [2.05, 4.69) is 39.2 Å². The van der Waals surface area contributed by atoms with Gasteiger partial charge in [0.05, 0.1) is 11.0 Å². The molecule has 0 fully saturated rings. The normalized spacial score (nSPS) is 12.7. The first kappa shape index (κ1) is 9.06. The molecule has 0 amide bonds. The van der Waals surface area contributed by atoms with Gasteiger partial charge in [0.2, 0.25) is 5.62 Å². The van der Waals surface area contributed by atoms with E-state index in [9.17, 15) is 0 Å². The van der Waals surface area contributed by atoms with Gasteiger partial charge in [0.1, 0.15) is 0 Å². The second-order valence-electron chi connectivity index (χ2n) is 3.63. The first-order valence-corrected chi connectivity index (χ1v) is 4.70. The Morgan fingerprint density at radius 2 is 1.71 bits per heavy atom. The van der Waals surface area contributed by atoms with Gasteiger partial charge in [-0.1, -0.05) is 6.07 Å². The molecule has 0 atom stereocenters. The lowest BCUT2D eigenvalue weighted by molar-refractivity contribution is 0.756. The number of rotatable bonds is 0. The van der Waals surface area contributed by atoms with Crippen molar-refractivity contribution in [2.45, 2.75) is 6.92 Å². The number of aromatic nitrogens is 2. The fourth-order valence-electron chi connectivity index (χ4n) is 1.93. The van der Waals surface area contributed by atoms with E-state index < -0.39 is 0 Å². The van der Waals surface area contributed by atoms with Crippen molar-refractivity contribution in [3.63, 3.8) is 0 Å². The van der Waals surface area contributed by atoms with Crippen molar-refractivity contribution in [2.75, 3.05) is 7.05 Å². The molecule has 0 saturated carbocycles. The first-order valence-electron chi connectivity index (χ1n) is 4.70. The zero-order valence-corrected chi connectivity index (χ0v) is 9.07. The fourth-order valence-corrected chi connectivity index (χ4v) is 1.93. The van der Waals surface area contributed by atoms with Crippen molar-refractivity contribution in [1.82, 2.24) is 9.13 Å². The number of aryl methyl sites for hydroxylation is 3. The molecule has 2 rings (SSSR count). The van der Waals surface area contributed by atoms with Gasteiger partial charge in [-0.15, -0.1) is 0 Å². The summed E-state index contributed by atoms with van der Waals surface area (Å²) in [4.78, 5) is 4.26. The summed E-state index contributed by atoms with van der Waals surface area (Å²) in [6.45, 7) is 2.11. The molecule has 3 heteroatoms. The molecule has 14 heavy (non-hydrogen) atoms. The van der Waals surface area contributed by atoms with Crippen LogP contribution in [-0.4, -0.2) is 16.2 Å². The Hall–Kier alpha value is -1.51. The van der Waals surface area contributed by atoms with Crippen LogP contribution >= 0.6 is 0 Å². The summed E-state index contributed by atoms with van der Waals surface area (Å²) >= 11 is 0. The predicted octanol–water partition coefficient (Wildman–Crippen LogP) is 1.36. The highest BCUT2D eigenvalue weighted by atomic mass is 15.2. The minimum absolute atomic E-state index is 0.991. The van der Waals surface area contributed by atoms with Crippen molar-refractivity contribution in [3.8, 4) is 0 Å². The number of imidazole rings is 1. The molecule has 3 nitrogen and oxygen atoms in total. The van der Waals surface area contributed by atoms with Gasteiger partial charge in [0.15, 0.2) is 0 Å². The van der Waals surface area contributed by atoms with Gasteiger partial charge in [-0.25, -0.2) is 0 Å². The van der Waals surface area contributed by atoms with Crippen LogP contribution in [0.25, 0.3) is 11.0 Å². The molecule has 0 aliphatic rings. The standard InChI is InChI=1S/C11H15N3/c1-8-5-6-9-10(7-8)14(4)11(12-2)13(9)3/h5-7H,1-4H3. The molecule has 1 aromatic heterocycles. The summed E-state index contributed by atoms with van der Waals surface area (Å²) < 4.78 is 4.22. The summed E-state index contributed by atoms with van der Waals surface area (Å²) in [6.07, 6.45) is 0. The molecule has 1 aromatic carbocycles. The quantitative estimate of drug-likeness (QED) is 0.597. The van der Waals surface area contributed by atoms with E-state index in [0.717, 1.165) is 5.62 Å². The molecule has 0 radical (unpaired) electrons. The van der Waals surface area contributed by atoms with Gasteiger partial charge in [0, 0.05) is 21.1 Å². The third-order valence-corrected chi connectivity index (χ3v) is 2.65. The largest absolute Gasteiger partial charge is 0.313 e. The summed E-state index contributed by atoms with van der Waals surface area (Å²) in [7, 11) is 5.91. The van der Waals surface area contributed by atoms with Gasteiger partial charge >= 0.3 is 0 Å². The summed E-state index contributed by atoms with van der Waals surface area (Å²) in [5.74, 6) is 0. The van der Waals surface area contributed by atoms with Crippen LogP contribution in [0.1, 0.15) is 5.56 Å². The van der Waals surface area contributed by atoms with E-state index in [1.807, 2.05) is 21.1 Å². The Morgan fingerprint density at radius 3 is 2.36 bits per heavy atom. The molecular weight excluding hydrogens is 174 g/mol. The van der Waals surface area contributed by atoms with E-state index in [4.69, 9.17) is 0 Å². The lowest BCUT2D eigenvalue weighted by Crippen LogP contribution is -2.21. The summed E-state index contributed by atoms with van der Waals surface area (Å²) in [6, 6.07) is 6.45. The first-order chi connectivity index (χ1) is 6.65. The van der Waals surface area contributed by atoms with Crippen LogP contribution in [-0.2, 0) is 14.1 Å². The van der Waals surface area contributed by atoms with E-state index in [1.165, 1.54) is 16.6 Å². The fraction of sp³-hybridized carbons (Fsp3) is 0.364. The van der Waals surface area contributed by atoms with Crippen molar-refractivity contribution in [1.29, 1.82) is 0 Å². The van der Waals surface area contributed by atoms with Crippen LogP contribution in [0.4, 0.5) is 0 Å². The molecular formula is C11H15N3. The number of nitrogens with zero attached hydrogens (tertiary/aromatic N) is 3. The van der Waals surface area contributed by atoms with Crippen molar-refractivity contribution >= 4 is 11.0 Å². The van der Waals surface area contributed by atoms with Gasteiger partial charge in [-0.3, -0.25) is 4.99 Å². The van der Waals surface area contributed by atoms with E-state index >= 15 is 0 Å². The lowest BCUT2D eigenvalue weighted by atomic mass is 10.2. The Labute approximate surface area is 83.3 Å². The number of fused-ring (bicyclic) bond motifs is 1. The van der Waals surface area contributed by atoms with E-state index in [0.29, 0.717) is 0 Å². The Balaban J connectivity index is 3.02. The molecule has 0 spiro atoms. The summed E-state index contributed by atoms with van der Waals surface area (Å²) in [5.41, 5.74) is 4.72. The molecule has 1 heterocycles. The SMILES string of the molecule is CN=c1n(C)c2ccc(C)cc2n1C. The van der Waals surface area contributed by atoms with Crippen LogP contribution < -0.4 is 5.62 Å². The second kappa shape index (κ2) is 3.01. The van der Waals surface area contributed by atoms with Gasteiger partial charge in [-0.2, -0.15) is 0 Å². The van der Waals surface area contributed by atoms with E-state index in [1.54, 1.807) is 0 Å². The van der Waals surface area contributed by atoms with Gasteiger partial charge in [0.25, 0.3) is 0 Å². The van der Waals surface area contributed by atoms with Crippen LogP contribution in [0, 0.1) is 6.92 Å². The molecule has 0 N–H and O–H groups in total. The average Bonchev–Trinajstić information content (AvgIpc) is 2.39. The van der Waals surface area contributed by atoms with Crippen LogP contribution in [0.15, 0.2) is 23.2 Å². The molecule has 0 unspecified atom stereocenters. The Kier molecular flexibility index (Phi) is 1.95. The minimum Gasteiger partial charge on any atom is -0.313 e. The number of hydrogen-bond acceptors (Lipinski definition) is 1. The Bertz CT molecular complexity index is 543. The van der Waals surface area contributed by atoms with Crippen LogP contribution in [0.5, 0.6) is 0 Å². The predicted molar refractivity (Wildman–Crippen MR) is 58.1 cm³/mol. The maximum absolute atomic E-state index is 4.26. The highest BCUT2D eigenvalue weighted by Gasteiger charge is 2.04. The number of hydrogen-bond donors (Lipinski definition) is 0. The summed E-state index contributed by atoms with van der Waals surface area (Å²) in [5, 5.41) is 0. The second-order valence-corrected chi connectivity index (χ2v) is 3.63. The molecule has 2 aromatic rings. The monoisotopic (exact) mass is 189 g/mol. The van der Waals surface area contributed by atoms with Crippen molar-refractivity contribution in [2.24, 2.45) is 19.1 Å². The van der Waals surface area contributed by atoms with Crippen molar-refractivity contribution < 1.29 is 0 Å². The van der Waals surface area contributed by atoms with Crippen LogP contribution in [0.2, 0.25) is 0 Å². The Morgan fingerprint density at radius 1 is 1.07 bits per heavy atom. The zero-order chi connectivity index (χ0) is 10.3. The topological polar surface area (TPSA) is 22.2 Å². The molecule has 0 bridgehead atoms. The minimum atomic E-state index is 0.991. The third kappa shape index (κ3) is 1.09. The van der Waals surface area contributed by atoms with Crippen LogP contribution in [0.3, 0.4) is 0 Å². The number of benzene rings is 1. The zero-order valence-electron chi connectivity index (χ0n) is 9.07. The molecule has 0 aliphatic carbocycles. The molecule has 0 saturated heterocycles. The lowest BCUT2D eigenvalue weighted by Gasteiger charge is -1.95. The molecule has 0 aliphatic heterocycles. The maximum atomic E-state index is 4.26. The van der Waals surface area contributed by atoms with Gasteiger partial charge in [-0.05, 0) is 24.6 Å². The smallest absolute Gasteiger partial charge is 0.205 e. The highest BCUT2D eigenvalue weighted by molar-refractivity contribution is 5.76. The van der Waals surface area contributed by atoms with Gasteiger partial charge < -0.3 is 9.13 Å².